The van der Waals surface area contributed by atoms with E-state index < -0.39 is 0 Å². The van der Waals surface area contributed by atoms with Gasteiger partial charge in [0.1, 0.15) is 0 Å². The summed E-state index contributed by atoms with van der Waals surface area (Å²) in [7, 11) is 1.62. The molecule has 2 heterocycles. The number of hydrogen-bond donors (Lipinski definition) is 1. The van der Waals surface area contributed by atoms with Crippen LogP contribution in [0.25, 0.3) is 0 Å². The number of aliphatic imine (C=N–C) groups is 1. The Balaban J connectivity index is 0.00000280. The summed E-state index contributed by atoms with van der Waals surface area (Å²) >= 11 is 6.38. The summed E-state index contributed by atoms with van der Waals surface area (Å²) < 4.78 is 16.7. The van der Waals surface area contributed by atoms with Crippen LogP contribution in [0.15, 0.2) is 17.1 Å². The predicted molar refractivity (Wildman–Crippen MR) is 123 cm³/mol. The Hall–Kier alpha value is -0.930. The standard InChI is InChI=1S/C20H30ClN3O3.HI/c1-4-22-19(24-8-6-20(13-24)7-9-26-14-20)23-12-15-10-16(21)18(27-5-2)17(11-15)25-3;/h10-11H,4-9,12-14H2,1-3H3,(H,22,23);1H. The minimum Gasteiger partial charge on any atom is -0.493 e. The van der Waals surface area contributed by atoms with E-state index in [0.29, 0.717) is 35.1 Å². The first-order valence-electron chi connectivity index (χ1n) is 9.71. The molecule has 1 aromatic carbocycles. The zero-order valence-electron chi connectivity index (χ0n) is 16.9. The Morgan fingerprint density at radius 1 is 1.36 bits per heavy atom. The number of halogens is 2. The summed E-state index contributed by atoms with van der Waals surface area (Å²) in [6.45, 7) is 9.70. The lowest BCUT2D eigenvalue weighted by Gasteiger charge is -2.25. The average Bonchev–Trinajstić information content (AvgIpc) is 3.30. The number of rotatable bonds is 6. The van der Waals surface area contributed by atoms with Crippen molar-refractivity contribution in [2.45, 2.75) is 33.2 Å². The van der Waals surface area contributed by atoms with Gasteiger partial charge in [0, 0.05) is 31.7 Å². The van der Waals surface area contributed by atoms with Gasteiger partial charge in [-0.25, -0.2) is 4.99 Å². The summed E-state index contributed by atoms with van der Waals surface area (Å²) in [5.41, 5.74) is 1.30. The Bertz CT molecular complexity index is 681. The fourth-order valence-corrected chi connectivity index (χ4v) is 4.12. The first-order valence-corrected chi connectivity index (χ1v) is 10.1. The smallest absolute Gasteiger partial charge is 0.194 e. The zero-order valence-corrected chi connectivity index (χ0v) is 20.0. The van der Waals surface area contributed by atoms with Crippen LogP contribution in [0.5, 0.6) is 11.5 Å². The van der Waals surface area contributed by atoms with Crippen molar-refractivity contribution >= 4 is 41.5 Å². The number of guanidine groups is 1. The molecule has 8 heteroatoms. The van der Waals surface area contributed by atoms with Gasteiger partial charge in [0.2, 0.25) is 0 Å². The molecule has 2 saturated heterocycles. The maximum absolute atomic E-state index is 6.38. The highest BCUT2D eigenvalue weighted by Gasteiger charge is 2.42. The summed E-state index contributed by atoms with van der Waals surface area (Å²) in [6, 6.07) is 3.85. The first-order chi connectivity index (χ1) is 13.1. The number of nitrogens with one attached hydrogen (secondary N) is 1. The van der Waals surface area contributed by atoms with E-state index in [0.717, 1.165) is 50.8 Å². The van der Waals surface area contributed by atoms with Gasteiger partial charge in [-0.1, -0.05) is 11.6 Å². The topological polar surface area (TPSA) is 55.3 Å². The molecule has 1 atom stereocenters. The van der Waals surface area contributed by atoms with Gasteiger partial charge >= 0.3 is 0 Å². The van der Waals surface area contributed by atoms with E-state index in [2.05, 4.69) is 17.1 Å². The van der Waals surface area contributed by atoms with E-state index in [-0.39, 0.29) is 24.0 Å². The number of benzene rings is 1. The van der Waals surface area contributed by atoms with Crippen molar-refractivity contribution in [1.29, 1.82) is 0 Å². The molecule has 2 fully saturated rings. The van der Waals surface area contributed by atoms with Crippen molar-refractivity contribution in [3.63, 3.8) is 0 Å². The Morgan fingerprint density at radius 2 is 2.18 bits per heavy atom. The van der Waals surface area contributed by atoms with E-state index >= 15 is 0 Å². The number of methoxy groups -OCH3 is 1. The van der Waals surface area contributed by atoms with Crippen LogP contribution in [0.1, 0.15) is 32.3 Å². The van der Waals surface area contributed by atoms with Crippen LogP contribution in [-0.2, 0) is 11.3 Å². The first kappa shape index (κ1) is 23.3. The summed E-state index contributed by atoms with van der Waals surface area (Å²) in [6.07, 6.45) is 2.31. The van der Waals surface area contributed by atoms with Crippen LogP contribution in [-0.4, -0.2) is 57.4 Å². The van der Waals surface area contributed by atoms with Gasteiger partial charge in [0.05, 0.1) is 31.9 Å². The minimum atomic E-state index is 0. The molecule has 1 N–H and O–H groups in total. The molecule has 0 aromatic heterocycles. The van der Waals surface area contributed by atoms with Gasteiger partial charge in [-0.15, -0.1) is 24.0 Å². The molecule has 158 valence electrons. The molecule has 0 aliphatic carbocycles. The fraction of sp³-hybridized carbons (Fsp3) is 0.650. The predicted octanol–water partition coefficient (Wildman–Crippen LogP) is 3.94. The van der Waals surface area contributed by atoms with Crippen molar-refractivity contribution < 1.29 is 14.2 Å². The van der Waals surface area contributed by atoms with Gasteiger partial charge < -0.3 is 24.4 Å². The van der Waals surface area contributed by atoms with Crippen molar-refractivity contribution in [3.05, 3.63) is 22.7 Å². The second-order valence-electron chi connectivity index (χ2n) is 7.19. The third-order valence-corrected chi connectivity index (χ3v) is 5.53. The molecule has 1 unspecified atom stereocenters. The average molecular weight is 524 g/mol. The molecule has 1 spiro atoms. The van der Waals surface area contributed by atoms with Crippen molar-refractivity contribution in [2.24, 2.45) is 10.4 Å². The van der Waals surface area contributed by atoms with Gasteiger partial charge in [0.15, 0.2) is 17.5 Å². The molecular weight excluding hydrogens is 493 g/mol. The molecule has 0 radical (unpaired) electrons. The Kier molecular flexibility index (Phi) is 8.95. The van der Waals surface area contributed by atoms with Crippen LogP contribution in [0, 0.1) is 5.41 Å². The van der Waals surface area contributed by atoms with Crippen molar-refractivity contribution in [3.8, 4) is 11.5 Å². The Labute approximate surface area is 190 Å². The maximum atomic E-state index is 6.38. The largest absolute Gasteiger partial charge is 0.493 e. The van der Waals surface area contributed by atoms with Crippen LogP contribution in [0.3, 0.4) is 0 Å². The van der Waals surface area contributed by atoms with Gasteiger partial charge in [-0.05, 0) is 44.4 Å². The fourth-order valence-electron chi connectivity index (χ4n) is 3.83. The Morgan fingerprint density at radius 3 is 2.82 bits per heavy atom. The van der Waals surface area contributed by atoms with Crippen molar-refractivity contribution in [1.82, 2.24) is 10.2 Å². The van der Waals surface area contributed by atoms with Crippen LogP contribution in [0.2, 0.25) is 5.02 Å². The molecule has 0 amide bonds. The number of ether oxygens (including phenoxy) is 3. The molecule has 0 bridgehead atoms. The third kappa shape index (κ3) is 5.36. The van der Waals surface area contributed by atoms with E-state index in [1.807, 2.05) is 19.1 Å². The molecule has 2 aliphatic heterocycles. The highest BCUT2D eigenvalue weighted by atomic mass is 127. The molecule has 3 rings (SSSR count). The third-order valence-electron chi connectivity index (χ3n) is 5.25. The van der Waals surface area contributed by atoms with Crippen LogP contribution in [0.4, 0.5) is 0 Å². The molecule has 1 aromatic rings. The highest BCUT2D eigenvalue weighted by Crippen LogP contribution is 2.38. The van der Waals surface area contributed by atoms with E-state index in [1.165, 1.54) is 6.42 Å². The maximum Gasteiger partial charge on any atom is 0.194 e. The van der Waals surface area contributed by atoms with Crippen LogP contribution >= 0.6 is 35.6 Å². The molecule has 6 nitrogen and oxygen atoms in total. The summed E-state index contributed by atoms with van der Waals surface area (Å²) in [4.78, 5) is 7.20. The molecule has 28 heavy (non-hydrogen) atoms. The van der Waals surface area contributed by atoms with Crippen LogP contribution < -0.4 is 14.8 Å². The number of hydrogen-bond acceptors (Lipinski definition) is 4. The molecule has 2 aliphatic rings. The monoisotopic (exact) mass is 523 g/mol. The normalized spacial score (nSPS) is 21.7. The summed E-state index contributed by atoms with van der Waals surface area (Å²) in [5, 5.41) is 3.97. The quantitative estimate of drug-likeness (QED) is 0.348. The highest BCUT2D eigenvalue weighted by molar-refractivity contribution is 14.0. The van der Waals surface area contributed by atoms with E-state index in [9.17, 15) is 0 Å². The molecular formula is C20H31ClIN3O3. The molecule has 0 saturated carbocycles. The lowest BCUT2D eigenvalue weighted by molar-refractivity contribution is 0.156. The lowest BCUT2D eigenvalue weighted by Crippen LogP contribution is -2.41. The second kappa shape index (κ2) is 10.7. The van der Waals surface area contributed by atoms with Gasteiger partial charge in [0.25, 0.3) is 0 Å². The van der Waals surface area contributed by atoms with E-state index in [1.54, 1.807) is 7.11 Å². The second-order valence-corrected chi connectivity index (χ2v) is 7.59. The SMILES string of the molecule is CCNC(=NCc1cc(Cl)c(OCC)c(OC)c1)N1CCC2(CCOC2)C1.I. The number of nitrogens with zero attached hydrogens (tertiary/aromatic N) is 2. The zero-order chi connectivity index (χ0) is 19.3. The minimum absolute atomic E-state index is 0. The van der Waals surface area contributed by atoms with Gasteiger partial charge in [-0.3, -0.25) is 0 Å². The lowest BCUT2D eigenvalue weighted by atomic mass is 9.87. The number of likely N-dealkylation sites (tertiary alicyclic amines) is 1. The van der Waals surface area contributed by atoms with E-state index in [4.69, 9.17) is 30.8 Å². The van der Waals surface area contributed by atoms with Crippen molar-refractivity contribution in [2.75, 3.05) is 46.6 Å². The van der Waals surface area contributed by atoms with Gasteiger partial charge in [-0.2, -0.15) is 0 Å². The summed E-state index contributed by atoms with van der Waals surface area (Å²) in [5.74, 6) is 2.18.